The van der Waals surface area contributed by atoms with E-state index in [9.17, 15) is 0 Å². The van der Waals surface area contributed by atoms with E-state index in [1.807, 2.05) is 13.0 Å². The quantitative estimate of drug-likeness (QED) is 0.518. The van der Waals surface area contributed by atoms with E-state index < -0.39 is 0 Å². The highest BCUT2D eigenvalue weighted by Crippen LogP contribution is 2.12. The molecule has 86 valence electrons. The van der Waals surface area contributed by atoms with E-state index in [0.717, 1.165) is 18.6 Å². The first-order chi connectivity index (χ1) is 7.61. The third-order valence-electron chi connectivity index (χ3n) is 2.47. The zero-order valence-corrected chi connectivity index (χ0v) is 10.4. The summed E-state index contributed by atoms with van der Waals surface area (Å²) in [5.41, 5.74) is 3.74. The highest BCUT2D eigenvalue weighted by atomic mass is 16.3. The van der Waals surface area contributed by atoms with Crippen LogP contribution in [0, 0.1) is 6.92 Å². The molecular weight excluding hydrogens is 196 g/mol. The lowest BCUT2D eigenvalue weighted by Crippen LogP contribution is -1.83. The Morgan fingerprint density at radius 1 is 1.38 bits per heavy atom. The van der Waals surface area contributed by atoms with Crippen LogP contribution >= 0.6 is 0 Å². The Morgan fingerprint density at radius 2 is 2.12 bits per heavy atom. The van der Waals surface area contributed by atoms with E-state index in [2.05, 4.69) is 38.6 Å². The lowest BCUT2D eigenvalue weighted by Gasteiger charge is -1.97. The van der Waals surface area contributed by atoms with Crippen molar-refractivity contribution in [2.75, 3.05) is 0 Å². The second kappa shape index (κ2) is 6.16. The molecule has 1 rings (SSSR count). The molecule has 0 aliphatic heterocycles. The van der Waals surface area contributed by atoms with Crippen LogP contribution in [0.1, 0.15) is 31.6 Å². The average Bonchev–Trinajstić information content (AvgIpc) is 2.63. The first-order valence-electron chi connectivity index (χ1n) is 5.60. The van der Waals surface area contributed by atoms with Gasteiger partial charge in [-0.3, -0.25) is 0 Å². The lowest BCUT2D eigenvalue weighted by molar-refractivity contribution is 0.518. The predicted molar refractivity (Wildman–Crippen MR) is 69.5 cm³/mol. The molecular formula is C15H20O. The Labute approximate surface area is 98.2 Å². The van der Waals surface area contributed by atoms with Gasteiger partial charge in [-0.2, -0.15) is 0 Å². The highest BCUT2D eigenvalue weighted by molar-refractivity contribution is 5.19. The number of aryl methyl sites for hydroxylation is 1. The maximum atomic E-state index is 5.41. The molecule has 0 atom stereocenters. The summed E-state index contributed by atoms with van der Waals surface area (Å²) >= 11 is 0. The van der Waals surface area contributed by atoms with Crippen LogP contribution in [0.5, 0.6) is 0 Å². The van der Waals surface area contributed by atoms with Gasteiger partial charge in [0.05, 0.1) is 6.26 Å². The summed E-state index contributed by atoms with van der Waals surface area (Å²) in [6, 6.07) is 2.09. The summed E-state index contributed by atoms with van der Waals surface area (Å²) in [7, 11) is 0. The van der Waals surface area contributed by atoms with E-state index in [1.165, 1.54) is 16.7 Å². The monoisotopic (exact) mass is 216 g/mol. The van der Waals surface area contributed by atoms with Gasteiger partial charge in [-0.1, -0.05) is 36.0 Å². The van der Waals surface area contributed by atoms with Crippen LogP contribution in [0.2, 0.25) is 0 Å². The van der Waals surface area contributed by atoms with E-state index in [4.69, 9.17) is 4.42 Å². The van der Waals surface area contributed by atoms with Crippen LogP contribution in [0.15, 0.2) is 52.7 Å². The van der Waals surface area contributed by atoms with Gasteiger partial charge in [-0.15, -0.1) is 0 Å². The summed E-state index contributed by atoms with van der Waals surface area (Å²) in [5, 5.41) is 0. The van der Waals surface area contributed by atoms with Crippen molar-refractivity contribution >= 4 is 0 Å². The van der Waals surface area contributed by atoms with Crippen molar-refractivity contribution in [3.63, 3.8) is 0 Å². The molecule has 0 N–H and O–H groups in total. The molecule has 0 fully saturated rings. The first-order valence-corrected chi connectivity index (χ1v) is 5.60. The highest BCUT2D eigenvalue weighted by Gasteiger charge is 1.98. The normalized spacial score (nSPS) is 12.9. The Hall–Kier alpha value is -1.50. The maximum Gasteiger partial charge on any atom is 0.108 e. The van der Waals surface area contributed by atoms with Gasteiger partial charge in [-0.25, -0.2) is 0 Å². The van der Waals surface area contributed by atoms with Crippen LogP contribution in [-0.2, 0) is 6.42 Å². The van der Waals surface area contributed by atoms with Gasteiger partial charge in [-0.05, 0) is 38.8 Å². The molecule has 1 nitrogen and oxygen atoms in total. The maximum absolute atomic E-state index is 5.41. The van der Waals surface area contributed by atoms with Gasteiger partial charge < -0.3 is 4.42 Å². The van der Waals surface area contributed by atoms with E-state index in [-0.39, 0.29) is 0 Å². The minimum atomic E-state index is 0.898. The Kier molecular flexibility index (Phi) is 4.84. The molecule has 0 radical (unpaired) electrons. The molecule has 0 unspecified atom stereocenters. The summed E-state index contributed by atoms with van der Waals surface area (Å²) in [5.74, 6) is 1.04. The number of rotatable bonds is 5. The van der Waals surface area contributed by atoms with Crippen LogP contribution in [0.3, 0.4) is 0 Å². The minimum Gasteiger partial charge on any atom is -0.469 e. The molecule has 1 aromatic rings. The minimum absolute atomic E-state index is 0.898. The topological polar surface area (TPSA) is 13.1 Å². The van der Waals surface area contributed by atoms with Crippen molar-refractivity contribution in [1.29, 1.82) is 0 Å². The van der Waals surface area contributed by atoms with E-state index in [1.54, 1.807) is 6.26 Å². The predicted octanol–water partition coefficient (Wildman–Crippen LogP) is 4.60. The van der Waals surface area contributed by atoms with Crippen molar-refractivity contribution in [3.05, 3.63) is 59.6 Å². The van der Waals surface area contributed by atoms with Gasteiger partial charge >= 0.3 is 0 Å². The number of hydrogen-bond donors (Lipinski definition) is 0. The third kappa shape index (κ3) is 4.35. The van der Waals surface area contributed by atoms with Crippen molar-refractivity contribution in [2.24, 2.45) is 0 Å². The van der Waals surface area contributed by atoms with Gasteiger partial charge in [0.25, 0.3) is 0 Å². The van der Waals surface area contributed by atoms with Gasteiger partial charge in [0.15, 0.2) is 0 Å². The van der Waals surface area contributed by atoms with Crippen molar-refractivity contribution < 1.29 is 4.42 Å². The second-order valence-corrected chi connectivity index (χ2v) is 4.21. The number of hydrogen-bond acceptors (Lipinski definition) is 1. The standard InChI is InChI=1S/C15H20O/c1-5-12(2)7-6-8-13(3)9-15-10-14(4)11-16-15/h5,7-8,10-11H,1,6,9H2,2-4H3/b12-7-,13-8+. The molecule has 1 aromatic heterocycles. The summed E-state index contributed by atoms with van der Waals surface area (Å²) in [6.45, 7) is 9.96. The van der Waals surface area contributed by atoms with Crippen molar-refractivity contribution in [2.45, 2.75) is 33.6 Å². The molecule has 0 saturated heterocycles. The van der Waals surface area contributed by atoms with Gasteiger partial charge in [0, 0.05) is 6.42 Å². The van der Waals surface area contributed by atoms with E-state index >= 15 is 0 Å². The van der Waals surface area contributed by atoms with Gasteiger partial charge in [0.2, 0.25) is 0 Å². The van der Waals surface area contributed by atoms with Gasteiger partial charge in [0.1, 0.15) is 5.76 Å². The summed E-state index contributed by atoms with van der Waals surface area (Å²) < 4.78 is 5.41. The zero-order chi connectivity index (χ0) is 12.0. The summed E-state index contributed by atoms with van der Waals surface area (Å²) in [4.78, 5) is 0. The fourth-order valence-electron chi connectivity index (χ4n) is 1.46. The van der Waals surface area contributed by atoms with Crippen molar-refractivity contribution in [1.82, 2.24) is 0 Å². The number of allylic oxidation sites excluding steroid dienone is 5. The van der Waals surface area contributed by atoms with Crippen LogP contribution in [0.25, 0.3) is 0 Å². The third-order valence-corrected chi connectivity index (χ3v) is 2.47. The smallest absolute Gasteiger partial charge is 0.108 e. The molecule has 0 saturated carbocycles. The SMILES string of the molecule is C=C/C(C)=C\C/C=C(\C)Cc1cc(C)co1. The molecule has 1 heteroatoms. The fourth-order valence-corrected chi connectivity index (χ4v) is 1.46. The van der Waals surface area contributed by atoms with Crippen LogP contribution < -0.4 is 0 Å². The molecule has 16 heavy (non-hydrogen) atoms. The Bertz CT molecular complexity index is 405. The zero-order valence-electron chi connectivity index (χ0n) is 10.4. The molecule has 0 aliphatic carbocycles. The van der Waals surface area contributed by atoms with Crippen LogP contribution in [0.4, 0.5) is 0 Å². The molecule has 1 heterocycles. The first kappa shape index (κ1) is 12.6. The average molecular weight is 216 g/mol. The molecule has 0 bridgehead atoms. The lowest BCUT2D eigenvalue weighted by atomic mass is 10.1. The Balaban J connectivity index is 2.49. The fraction of sp³-hybridized carbons (Fsp3) is 0.333. The summed E-state index contributed by atoms with van der Waals surface area (Å²) in [6.07, 6.45) is 9.93. The van der Waals surface area contributed by atoms with Crippen LogP contribution in [-0.4, -0.2) is 0 Å². The molecule has 0 aromatic carbocycles. The molecule has 0 aliphatic rings. The van der Waals surface area contributed by atoms with E-state index in [0.29, 0.717) is 0 Å². The Morgan fingerprint density at radius 3 is 2.69 bits per heavy atom. The largest absolute Gasteiger partial charge is 0.469 e. The molecule has 0 spiro atoms. The molecule has 0 amide bonds. The van der Waals surface area contributed by atoms with Crippen molar-refractivity contribution in [3.8, 4) is 0 Å². The second-order valence-electron chi connectivity index (χ2n) is 4.21. The number of furan rings is 1.